The molecule has 0 N–H and O–H groups in total. The highest BCUT2D eigenvalue weighted by molar-refractivity contribution is 6.70. The summed E-state index contributed by atoms with van der Waals surface area (Å²) >= 11 is 0. The Labute approximate surface area is 259 Å². The smallest absolute Gasteiger partial charge is 0.184 e. The van der Waals surface area contributed by atoms with Crippen LogP contribution in [0.1, 0.15) is 98.8 Å². The third-order valence-corrected chi connectivity index (χ3v) is 15.4. The van der Waals surface area contributed by atoms with E-state index in [9.17, 15) is 0 Å². The molecule has 0 heterocycles. The second kappa shape index (κ2) is 11.7. The quantitative estimate of drug-likeness (QED) is 0.227. The maximum absolute atomic E-state index is 7.26. The molecule has 0 bridgehead atoms. The van der Waals surface area contributed by atoms with Crippen LogP contribution < -0.4 is 0 Å². The minimum absolute atomic E-state index is 0.00339. The molecule has 0 aromatic heterocycles. The van der Waals surface area contributed by atoms with Gasteiger partial charge in [0.05, 0.1) is 5.60 Å². The summed E-state index contributed by atoms with van der Waals surface area (Å²) in [5.74, 6) is 4.77. The van der Waals surface area contributed by atoms with Gasteiger partial charge >= 0.3 is 0 Å². The van der Waals surface area contributed by atoms with Gasteiger partial charge in [0.15, 0.2) is 25.0 Å². The highest BCUT2D eigenvalue weighted by Crippen LogP contribution is 2.69. The Morgan fingerprint density at radius 1 is 0.732 bits per heavy atom. The summed E-state index contributed by atoms with van der Waals surface area (Å²) in [6.07, 6.45) is 14.3. The first kappa shape index (κ1) is 34.4. The van der Waals surface area contributed by atoms with Crippen LogP contribution in [0.25, 0.3) is 0 Å². The van der Waals surface area contributed by atoms with Crippen molar-refractivity contribution in [2.24, 2.45) is 46.3 Å². The zero-order valence-corrected chi connectivity index (χ0v) is 32.9. The van der Waals surface area contributed by atoms with E-state index in [4.69, 9.17) is 13.3 Å². The van der Waals surface area contributed by atoms with Gasteiger partial charge in [-0.05, 0) is 183 Å². The van der Waals surface area contributed by atoms with Gasteiger partial charge in [-0.3, -0.25) is 0 Å². The molecule has 240 valence electrons. The molecule has 4 aliphatic rings. The van der Waals surface area contributed by atoms with Crippen molar-refractivity contribution in [2.75, 3.05) is 0 Å². The molecule has 0 aliphatic heterocycles. The van der Waals surface area contributed by atoms with Crippen molar-refractivity contribution in [1.82, 2.24) is 0 Å². The molecular weight excluding hydrogens is 553 g/mol. The van der Waals surface area contributed by atoms with Crippen LogP contribution in [0.4, 0.5) is 0 Å². The van der Waals surface area contributed by atoms with E-state index in [-0.39, 0.29) is 5.60 Å². The van der Waals surface area contributed by atoms with Gasteiger partial charge in [0.1, 0.15) is 0 Å². The summed E-state index contributed by atoms with van der Waals surface area (Å²) in [5.41, 5.74) is 0.926. The Morgan fingerprint density at radius 2 is 1.32 bits per heavy atom. The van der Waals surface area contributed by atoms with Crippen LogP contribution in [-0.2, 0) is 13.3 Å². The lowest BCUT2D eigenvalue weighted by Gasteiger charge is -2.64. The standard InChI is InChI=1S/C35H70O3Si3/c1-25(17-20-33(2,3)38-41(12,13)14)28-15-16-29-32-30(19-22-35(28,29)5)34(4)21-18-27(36-39(6,7)8)23-26(34)24-31(32)37-40(9,10)11/h25-32H,15-24H2,1-14H3/t25?,26-,27+,28?,29?,30?,31+,32?,34?,35?/m0/s1. The molecular formula is C35H70O3Si3. The third-order valence-electron chi connectivity index (χ3n) is 12.2. The molecule has 4 aliphatic carbocycles. The zero-order valence-electron chi connectivity index (χ0n) is 29.9. The SMILES string of the molecule is CC(CCC(C)(C)O[Si](C)(C)C)C1CCC2C3C(CCC12C)C1(C)CC[C@@H](O[Si](C)(C)C)C[C@H]1C[C@H]3O[Si](C)(C)C. The minimum Gasteiger partial charge on any atom is -0.415 e. The van der Waals surface area contributed by atoms with Crippen molar-refractivity contribution in [1.29, 1.82) is 0 Å². The lowest BCUT2D eigenvalue weighted by atomic mass is 9.43. The maximum Gasteiger partial charge on any atom is 0.184 e. The molecule has 0 amide bonds. The minimum atomic E-state index is -1.65. The third kappa shape index (κ3) is 7.85. The van der Waals surface area contributed by atoms with Crippen LogP contribution in [0, 0.1) is 46.3 Å². The normalized spacial score (nSPS) is 41.0. The van der Waals surface area contributed by atoms with E-state index in [1.165, 1.54) is 64.2 Å². The summed E-state index contributed by atoms with van der Waals surface area (Å²) in [4.78, 5) is 0. The van der Waals surface area contributed by atoms with Crippen molar-refractivity contribution < 1.29 is 13.3 Å². The maximum atomic E-state index is 7.26. The summed E-state index contributed by atoms with van der Waals surface area (Å²) in [5, 5.41) is 0. The molecule has 3 nitrogen and oxygen atoms in total. The molecule has 41 heavy (non-hydrogen) atoms. The molecule has 0 aromatic rings. The Kier molecular flexibility index (Phi) is 9.83. The molecule has 7 unspecified atom stereocenters. The van der Waals surface area contributed by atoms with E-state index in [0.29, 0.717) is 23.0 Å². The lowest BCUT2D eigenvalue weighted by Crippen LogP contribution is -2.60. The molecule has 4 saturated carbocycles. The molecule has 0 saturated heterocycles. The highest BCUT2D eigenvalue weighted by Gasteiger charge is 2.63. The largest absolute Gasteiger partial charge is 0.415 e. The topological polar surface area (TPSA) is 27.7 Å². The number of hydrogen-bond donors (Lipinski definition) is 0. The van der Waals surface area contributed by atoms with E-state index < -0.39 is 25.0 Å². The zero-order chi connectivity index (χ0) is 30.8. The van der Waals surface area contributed by atoms with Gasteiger partial charge in [-0.1, -0.05) is 20.8 Å². The molecule has 0 aromatic carbocycles. The van der Waals surface area contributed by atoms with Crippen LogP contribution >= 0.6 is 0 Å². The fourth-order valence-corrected chi connectivity index (χ4v) is 15.1. The highest BCUT2D eigenvalue weighted by atomic mass is 28.4. The summed E-state index contributed by atoms with van der Waals surface area (Å²) in [7, 11) is -4.72. The van der Waals surface area contributed by atoms with Gasteiger partial charge in [0.2, 0.25) is 0 Å². The van der Waals surface area contributed by atoms with Crippen LogP contribution in [0.3, 0.4) is 0 Å². The number of hydrogen-bond acceptors (Lipinski definition) is 3. The Hall–Kier alpha value is 0.531. The van der Waals surface area contributed by atoms with Gasteiger partial charge in [-0.2, -0.15) is 0 Å². The Balaban J connectivity index is 1.54. The molecule has 10 atom stereocenters. The van der Waals surface area contributed by atoms with E-state index in [1.54, 1.807) is 0 Å². The van der Waals surface area contributed by atoms with Crippen LogP contribution in [-0.4, -0.2) is 42.8 Å². The van der Waals surface area contributed by atoms with E-state index in [1.807, 2.05) is 0 Å². The van der Waals surface area contributed by atoms with E-state index in [2.05, 4.69) is 93.5 Å². The van der Waals surface area contributed by atoms with E-state index in [0.717, 1.165) is 35.5 Å². The first-order valence-corrected chi connectivity index (χ1v) is 27.8. The fourth-order valence-electron chi connectivity index (χ4n) is 11.0. The average molecular weight is 623 g/mol. The molecule has 0 spiro atoms. The molecule has 4 fully saturated rings. The summed E-state index contributed by atoms with van der Waals surface area (Å²) < 4.78 is 20.6. The van der Waals surface area contributed by atoms with Gasteiger partial charge in [-0.15, -0.1) is 0 Å². The Morgan fingerprint density at radius 3 is 1.90 bits per heavy atom. The van der Waals surface area contributed by atoms with Crippen LogP contribution in [0.5, 0.6) is 0 Å². The number of fused-ring (bicyclic) bond motifs is 5. The van der Waals surface area contributed by atoms with Gasteiger partial charge < -0.3 is 13.3 Å². The Bertz CT molecular complexity index is 902. The second-order valence-corrected chi connectivity index (χ2v) is 32.7. The van der Waals surface area contributed by atoms with Crippen LogP contribution in [0.15, 0.2) is 0 Å². The average Bonchev–Trinajstić information content (AvgIpc) is 3.12. The molecule has 6 heteroatoms. The predicted octanol–water partition coefficient (Wildman–Crippen LogP) is 10.7. The monoisotopic (exact) mass is 622 g/mol. The van der Waals surface area contributed by atoms with Crippen LogP contribution in [0.2, 0.25) is 58.9 Å². The summed E-state index contributed by atoms with van der Waals surface area (Å²) in [6.45, 7) is 34.1. The van der Waals surface area contributed by atoms with Gasteiger partial charge in [0.25, 0.3) is 0 Å². The lowest BCUT2D eigenvalue weighted by molar-refractivity contribution is -0.168. The first-order valence-electron chi connectivity index (χ1n) is 17.6. The second-order valence-electron chi connectivity index (χ2n) is 19.3. The first-order chi connectivity index (χ1) is 18.5. The van der Waals surface area contributed by atoms with Gasteiger partial charge in [0, 0.05) is 12.2 Å². The van der Waals surface area contributed by atoms with Crippen molar-refractivity contribution in [3.05, 3.63) is 0 Å². The van der Waals surface area contributed by atoms with Crippen molar-refractivity contribution in [3.63, 3.8) is 0 Å². The van der Waals surface area contributed by atoms with Gasteiger partial charge in [-0.25, -0.2) is 0 Å². The van der Waals surface area contributed by atoms with Crippen molar-refractivity contribution >= 4 is 25.0 Å². The summed E-state index contributed by atoms with van der Waals surface area (Å²) in [6, 6.07) is 0. The molecule has 4 rings (SSSR count). The van der Waals surface area contributed by atoms with Crippen molar-refractivity contribution in [3.8, 4) is 0 Å². The fraction of sp³-hybridized carbons (Fsp3) is 1.00. The van der Waals surface area contributed by atoms with Crippen molar-refractivity contribution in [2.45, 2.75) is 176 Å². The number of rotatable bonds is 10. The molecule has 0 radical (unpaired) electrons. The van der Waals surface area contributed by atoms with E-state index >= 15 is 0 Å². The predicted molar refractivity (Wildman–Crippen MR) is 184 cm³/mol.